The molecule has 1 heterocycles. The highest BCUT2D eigenvalue weighted by Gasteiger charge is 2.17. The molecule has 1 aromatic heterocycles. The van der Waals surface area contributed by atoms with E-state index in [9.17, 15) is 0 Å². The zero-order valence-corrected chi connectivity index (χ0v) is 9.25. The molecule has 72 valence electrons. The van der Waals surface area contributed by atoms with Crippen molar-refractivity contribution in [2.24, 2.45) is 0 Å². The van der Waals surface area contributed by atoms with Gasteiger partial charge < -0.3 is 0 Å². The third-order valence-electron chi connectivity index (χ3n) is 2.29. The van der Waals surface area contributed by atoms with Crippen molar-refractivity contribution in [2.45, 2.75) is 18.6 Å². The van der Waals surface area contributed by atoms with Crippen LogP contribution in [-0.4, -0.2) is 4.98 Å². The van der Waals surface area contributed by atoms with Gasteiger partial charge in [0.15, 0.2) is 0 Å². The number of hydrogen-bond acceptors (Lipinski definition) is 2. The SMILES string of the molecule is CC(C)(S)c1cccc2cccnc12. The molecule has 0 amide bonds. The summed E-state index contributed by atoms with van der Waals surface area (Å²) in [6.07, 6.45) is 1.82. The molecule has 0 spiro atoms. The van der Waals surface area contributed by atoms with Crippen molar-refractivity contribution in [3.8, 4) is 0 Å². The van der Waals surface area contributed by atoms with Crippen LogP contribution in [0.2, 0.25) is 0 Å². The van der Waals surface area contributed by atoms with Crippen LogP contribution >= 0.6 is 12.6 Å². The molecule has 0 saturated heterocycles. The Bertz CT molecular complexity index is 452. The van der Waals surface area contributed by atoms with Crippen molar-refractivity contribution in [1.29, 1.82) is 0 Å². The fourth-order valence-corrected chi connectivity index (χ4v) is 1.78. The number of nitrogens with zero attached hydrogens (tertiary/aromatic N) is 1. The molecule has 1 aromatic carbocycles. The van der Waals surface area contributed by atoms with Crippen molar-refractivity contribution in [1.82, 2.24) is 4.98 Å². The van der Waals surface area contributed by atoms with Gasteiger partial charge in [-0.3, -0.25) is 4.98 Å². The van der Waals surface area contributed by atoms with E-state index >= 15 is 0 Å². The predicted octanol–water partition coefficient (Wildman–Crippen LogP) is 3.40. The third-order valence-corrected chi connectivity index (χ3v) is 2.53. The van der Waals surface area contributed by atoms with Gasteiger partial charge in [0.25, 0.3) is 0 Å². The van der Waals surface area contributed by atoms with Gasteiger partial charge >= 0.3 is 0 Å². The molecule has 2 rings (SSSR count). The van der Waals surface area contributed by atoms with E-state index in [2.05, 4.69) is 55.7 Å². The maximum atomic E-state index is 4.58. The standard InChI is InChI=1S/C12H13NS/c1-12(2,14)10-7-3-5-9-6-4-8-13-11(9)10/h3-8,14H,1-2H3. The van der Waals surface area contributed by atoms with Crippen LogP contribution in [0.1, 0.15) is 19.4 Å². The molecule has 0 radical (unpaired) electrons. The van der Waals surface area contributed by atoms with Crippen LogP contribution in [0.25, 0.3) is 10.9 Å². The second-order valence-corrected chi connectivity index (χ2v) is 5.06. The second kappa shape index (κ2) is 3.28. The van der Waals surface area contributed by atoms with Crippen LogP contribution < -0.4 is 0 Å². The van der Waals surface area contributed by atoms with Crippen molar-refractivity contribution >= 4 is 23.5 Å². The number of thiol groups is 1. The first-order valence-electron chi connectivity index (χ1n) is 4.65. The van der Waals surface area contributed by atoms with Crippen LogP contribution in [-0.2, 0) is 4.75 Å². The minimum absolute atomic E-state index is 0.145. The van der Waals surface area contributed by atoms with E-state index in [1.54, 1.807) is 0 Å². The maximum absolute atomic E-state index is 4.58. The molecular weight excluding hydrogens is 190 g/mol. The molecule has 1 nitrogen and oxygen atoms in total. The van der Waals surface area contributed by atoms with Crippen molar-refractivity contribution in [3.63, 3.8) is 0 Å². The molecule has 2 aromatic rings. The Hall–Kier alpha value is -1.02. The van der Waals surface area contributed by atoms with E-state index in [0.717, 1.165) is 5.52 Å². The Morgan fingerprint density at radius 1 is 1.14 bits per heavy atom. The molecule has 0 N–H and O–H groups in total. The van der Waals surface area contributed by atoms with Crippen molar-refractivity contribution in [2.75, 3.05) is 0 Å². The van der Waals surface area contributed by atoms with Crippen LogP contribution in [0.4, 0.5) is 0 Å². The molecule has 0 aliphatic heterocycles. The summed E-state index contributed by atoms with van der Waals surface area (Å²) in [6.45, 7) is 4.17. The number of aromatic nitrogens is 1. The fourth-order valence-electron chi connectivity index (χ4n) is 1.60. The lowest BCUT2D eigenvalue weighted by Gasteiger charge is -2.19. The first-order valence-corrected chi connectivity index (χ1v) is 5.10. The van der Waals surface area contributed by atoms with E-state index < -0.39 is 0 Å². The molecule has 0 aliphatic carbocycles. The zero-order chi connectivity index (χ0) is 10.2. The number of pyridine rings is 1. The van der Waals surface area contributed by atoms with E-state index in [-0.39, 0.29) is 4.75 Å². The number of hydrogen-bond donors (Lipinski definition) is 1. The number of para-hydroxylation sites is 1. The molecule has 2 heteroatoms. The van der Waals surface area contributed by atoms with E-state index in [4.69, 9.17) is 0 Å². The van der Waals surface area contributed by atoms with Gasteiger partial charge in [-0.1, -0.05) is 24.3 Å². The highest BCUT2D eigenvalue weighted by atomic mass is 32.1. The molecule has 0 aliphatic rings. The van der Waals surface area contributed by atoms with Gasteiger partial charge in [-0.25, -0.2) is 0 Å². The average molecular weight is 203 g/mol. The summed E-state index contributed by atoms with van der Waals surface area (Å²) in [5, 5.41) is 1.17. The Morgan fingerprint density at radius 3 is 2.57 bits per heavy atom. The summed E-state index contributed by atoms with van der Waals surface area (Å²) in [4.78, 5) is 4.40. The van der Waals surface area contributed by atoms with Gasteiger partial charge in [-0.2, -0.15) is 12.6 Å². The normalized spacial score (nSPS) is 11.9. The summed E-state index contributed by atoms with van der Waals surface area (Å²) in [7, 11) is 0. The third kappa shape index (κ3) is 1.62. The summed E-state index contributed by atoms with van der Waals surface area (Å²) in [6, 6.07) is 10.2. The number of rotatable bonds is 1. The smallest absolute Gasteiger partial charge is 0.0747 e. The Labute approximate surface area is 89.6 Å². The summed E-state index contributed by atoms with van der Waals surface area (Å²) in [5.41, 5.74) is 2.23. The molecule has 0 fully saturated rings. The van der Waals surface area contributed by atoms with Crippen LogP contribution in [0.3, 0.4) is 0 Å². The molecule has 0 bridgehead atoms. The molecule has 0 unspecified atom stereocenters. The average Bonchev–Trinajstić information content (AvgIpc) is 2.15. The Kier molecular flexibility index (Phi) is 2.23. The largest absolute Gasteiger partial charge is 0.256 e. The van der Waals surface area contributed by atoms with Gasteiger partial charge in [0.05, 0.1) is 5.52 Å². The topological polar surface area (TPSA) is 12.9 Å². The number of benzene rings is 1. The number of fused-ring (bicyclic) bond motifs is 1. The first kappa shape index (κ1) is 9.53. The van der Waals surface area contributed by atoms with Gasteiger partial charge in [0, 0.05) is 16.3 Å². The fraction of sp³-hybridized carbons (Fsp3) is 0.250. The van der Waals surface area contributed by atoms with Gasteiger partial charge in [-0.05, 0) is 25.5 Å². The highest BCUT2D eigenvalue weighted by Crippen LogP contribution is 2.31. The minimum Gasteiger partial charge on any atom is -0.256 e. The van der Waals surface area contributed by atoms with Crippen LogP contribution in [0.15, 0.2) is 36.5 Å². The summed E-state index contributed by atoms with van der Waals surface area (Å²) < 4.78 is -0.145. The summed E-state index contributed by atoms with van der Waals surface area (Å²) >= 11 is 4.58. The molecule has 0 atom stereocenters. The highest BCUT2D eigenvalue weighted by molar-refractivity contribution is 7.81. The predicted molar refractivity (Wildman–Crippen MR) is 63.8 cm³/mol. The second-order valence-electron chi connectivity index (χ2n) is 3.94. The monoisotopic (exact) mass is 203 g/mol. The lowest BCUT2D eigenvalue weighted by molar-refractivity contribution is 0.797. The van der Waals surface area contributed by atoms with Gasteiger partial charge in [-0.15, -0.1) is 0 Å². The Balaban J connectivity index is 2.78. The first-order chi connectivity index (χ1) is 6.59. The van der Waals surface area contributed by atoms with Crippen molar-refractivity contribution in [3.05, 3.63) is 42.1 Å². The minimum atomic E-state index is -0.145. The van der Waals surface area contributed by atoms with Gasteiger partial charge in [0.1, 0.15) is 0 Å². The van der Waals surface area contributed by atoms with E-state index in [1.807, 2.05) is 12.3 Å². The van der Waals surface area contributed by atoms with Crippen molar-refractivity contribution < 1.29 is 0 Å². The van der Waals surface area contributed by atoms with E-state index in [0.29, 0.717) is 0 Å². The maximum Gasteiger partial charge on any atom is 0.0747 e. The van der Waals surface area contributed by atoms with Gasteiger partial charge in [0.2, 0.25) is 0 Å². The van der Waals surface area contributed by atoms with E-state index in [1.165, 1.54) is 10.9 Å². The lowest BCUT2D eigenvalue weighted by atomic mass is 9.99. The molecule has 14 heavy (non-hydrogen) atoms. The quantitative estimate of drug-likeness (QED) is 0.701. The zero-order valence-electron chi connectivity index (χ0n) is 8.36. The van der Waals surface area contributed by atoms with Crippen LogP contribution in [0, 0.1) is 0 Å². The van der Waals surface area contributed by atoms with Crippen LogP contribution in [0.5, 0.6) is 0 Å². The Morgan fingerprint density at radius 2 is 1.86 bits per heavy atom. The summed E-state index contributed by atoms with van der Waals surface area (Å²) in [5.74, 6) is 0. The molecule has 0 saturated carbocycles. The lowest BCUT2D eigenvalue weighted by Crippen LogP contribution is -2.08. The molecular formula is C12H13NS.